The van der Waals surface area contributed by atoms with Crippen LogP contribution in [0.25, 0.3) is 10.9 Å². The van der Waals surface area contributed by atoms with Crippen LogP contribution in [0.15, 0.2) is 42.6 Å². The summed E-state index contributed by atoms with van der Waals surface area (Å²) in [6.45, 7) is 0.633. The molecule has 3 N–H and O–H groups in total. The first-order valence-corrected chi connectivity index (χ1v) is 5.32. The first-order chi connectivity index (χ1) is 7.42. The van der Waals surface area contributed by atoms with Gasteiger partial charge in [-0.05, 0) is 24.5 Å². The molecular formula is C13H16N2. The average molecular weight is 200 g/mol. The number of hydrogen-bond acceptors (Lipinski definition) is 1. The number of benzene rings is 1. The Hall–Kier alpha value is -1.54. The highest BCUT2D eigenvalue weighted by atomic mass is 14.7. The zero-order valence-corrected chi connectivity index (χ0v) is 8.74. The standard InChI is InChI=1S/C13H16N2/c14-9-5-1-2-6-11-10-15-13-8-4-3-7-12(11)13/h1,3-5,7-8,10,15H,2,6,9,14H2/b5-1+. The van der Waals surface area contributed by atoms with Crippen molar-refractivity contribution in [2.45, 2.75) is 12.8 Å². The lowest BCUT2D eigenvalue weighted by Crippen LogP contribution is -1.92. The monoisotopic (exact) mass is 200 g/mol. The van der Waals surface area contributed by atoms with Crippen molar-refractivity contribution in [3.05, 3.63) is 48.2 Å². The summed E-state index contributed by atoms with van der Waals surface area (Å²) in [6.07, 6.45) is 8.37. The maximum atomic E-state index is 5.39. The summed E-state index contributed by atoms with van der Waals surface area (Å²) in [7, 11) is 0. The third-order valence-electron chi connectivity index (χ3n) is 2.56. The number of allylic oxidation sites excluding steroid dienone is 1. The van der Waals surface area contributed by atoms with Gasteiger partial charge in [0.1, 0.15) is 0 Å². The van der Waals surface area contributed by atoms with Crippen molar-refractivity contribution in [2.24, 2.45) is 5.73 Å². The van der Waals surface area contributed by atoms with E-state index in [1.165, 1.54) is 16.5 Å². The maximum absolute atomic E-state index is 5.39. The van der Waals surface area contributed by atoms with E-state index in [4.69, 9.17) is 5.73 Å². The molecule has 0 atom stereocenters. The molecule has 1 heterocycles. The van der Waals surface area contributed by atoms with E-state index in [1.54, 1.807) is 0 Å². The van der Waals surface area contributed by atoms with Crippen LogP contribution in [0.4, 0.5) is 0 Å². The Morgan fingerprint density at radius 3 is 2.93 bits per heavy atom. The van der Waals surface area contributed by atoms with E-state index in [9.17, 15) is 0 Å². The van der Waals surface area contributed by atoms with Crippen LogP contribution in [-0.4, -0.2) is 11.5 Å². The molecule has 2 nitrogen and oxygen atoms in total. The fourth-order valence-electron chi connectivity index (χ4n) is 1.79. The van der Waals surface area contributed by atoms with Gasteiger partial charge in [0.05, 0.1) is 0 Å². The number of nitrogens with two attached hydrogens (primary N) is 1. The van der Waals surface area contributed by atoms with Gasteiger partial charge in [0.2, 0.25) is 0 Å². The first kappa shape index (κ1) is 9.99. The largest absolute Gasteiger partial charge is 0.361 e. The summed E-state index contributed by atoms with van der Waals surface area (Å²) in [5.74, 6) is 0. The smallest absolute Gasteiger partial charge is 0.0456 e. The van der Waals surface area contributed by atoms with Crippen molar-refractivity contribution in [1.29, 1.82) is 0 Å². The molecule has 0 spiro atoms. The van der Waals surface area contributed by atoms with E-state index in [2.05, 4.69) is 41.5 Å². The van der Waals surface area contributed by atoms with Crippen LogP contribution in [0.1, 0.15) is 12.0 Å². The van der Waals surface area contributed by atoms with Gasteiger partial charge in [0.15, 0.2) is 0 Å². The predicted molar refractivity (Wildman–Crippen MR) is 64.8 cm³/mol. The molecule has 0 saturated carbocycles. The number of aryl methyl sites for hydroxylation is 1. The summed E-state index contributed by atoms with van der Waals surface area (Å²) < 4.78 is 0. The third kappa shape index (κ3) is 2.28. The molecule has 0 bridgehead atoms. The molecule has 1 aromatic carbocycles. The van der Waals surface area contributed by atoms with Crippen molar-refractivity contribution in [2.75, 3.05) is 6.54 Å². The summed E-state index contributed by atoms with van der Waals surface area (Å²) in [4.78, 5) is 3.28. The Kier molecular flexibility index (Phi) is 3.20. The van der Waals surface area contributed by atoms with E-state index >= 15 is 0 Å². The SMILES string of the molecule is NC/C=C/CCc1c[nH]c2ccccc12. The van der Waals surface area contributed by atoms with Gasteiger partial charge >= 0.3 is 0 Å². The van der Waals surface area contributed by atoms with Crippen LogP contribution in [0, 0.1) is 0 Å². The van der Waals surface area contributed by atoms with E-state index in [-0.39, 0.29) is 0 Å². The van der Waals surface area contributed by atoms with Gasteiger partial charge in [-0.2, -0.15) is 0 Å². The molecule has 0 unspecified atom stereocenters. The second-order valence-electron chi connectivity index (χ2n) is 3.61. The van der Waals surface area contributed by atoms with Crippen molar-refractivity contribution < 1.29 is 0 Å². The van der Waals surface area contributed by atoms with E-state index in [0.29, 0.717) is 6.54 Å². The van der Waals surface area contributed by atoms with Gasteiger partial charge in [0, 0.05) is 23.6 Å². The molecule has 0 amide bonds. The second kappa shape index (κ2) is 4.80. The zero-order chi connectivity index (χ0) is 10.5. The number of para-hydroxylation sites is 1. The summed E-state index contributed by atoms with van der Waals surface area (Å²) in [5, 5.41) is 1.33. The number of nitrogens with one attached hydrogen (secondary N) is 1. The van der Waals surface area contributed by atoms with Gasteiger partial charge < -0.3 is 10.7 Å². The lowest BCUT2D eigenvalue weighted by atomic mass is 10.1. The van der Waals surface area contributed by atoms with Gasteiger partial charge in [-0.1, -0.05) is 30.4 Å². The van der Waals surface area contributed by atoms with Gasteiger partial charge in [-0.3, -0.25) is 0 Å². The number of rotatable bonds is 4. The molecule has 0 radical (unpaired) electrons. The number of aromatic nitrogens is 1. The van der Waals surface area contributed by atoms with Crippen molar-refractivity contribution >= 4 is 10.9 Å². The lowest BCUT2D eigenvalue weighted by Gasteiger charge is -1.95. The lowest BCUT2D eigenvalue weighted by molar-refractivity contribution is 1.00. The minimum Gasteiger partial charge on any atom is -0.361 e. The van der Waals surface area contributed by atoms with E-state index in [0.717, 1.165) is 12.8 Å². The summed E-state index contributed by atoms with van der Waals surface area (Å²) in [6, 6.07) is 8.40. The van der Waals surface area contributed by atoms with Crippen LogP contribution in [0.3, 0.4) is 0 Å². The molecule has 2 heteroatoms. The highest BCUT2D eigenvalue weighted by Gasteiger charge is 2.00. The van der Waals surface area contributed by atoms with Crippen LogP contribution in [0.5, 0.6) is 0 Å². The van der Waals surface area contributed by atoms with Crippen LogP contribution < -0.4 is 5.73 Å². The normalized spacial score (nSPS) is 11.5. The quantitative estimate of drug-likeness (QED) is 0.732. The van der Waals surface area contributed by atoms with Crippen molar-refractivity contribution in [1.82, 2.24) is 4.98 Å². The first-order valence-electron chi connectivity index (χ1n) is 5.32. The maximum Gasteiger partial charge on any atom is 0.0456 e. The molecule has 0 aliphatic heterocycles. The number of hydrogen-bond donors (Lipinski definition) is 2. The molecule has 0 saturated heterocycles. The van der Waals surface area contributed by atoms with E-state index in [1.807, 2.05) is 6.08 Å². The molecule has 78 valence electrons. The number of H-pyrrole nitrogens is 1. The average Bonchev–Trinajstić information content (AvgIpc) is 2.68. The predicted octanol–water partition coefficient (Wildman–Crippen LogP) is 2.62. The van der Waals surface area contributed by atoms with Crippen molar-refractivity contribution in [3.8, 4) is 0 Å². The number of fused-ring (bicyclic) bond motifs is 1. The third-order valence-corrected chi connectivity index (χ3v) is 2.56. The fraction of sp³-hybridized carbons (Fsp3) is 0.231. The Morgan fingerprint density at radius 1 is 1.20 bits per heavy atom. The minimum atomic E-state index is 0.633. The summed E-state index contributed by atoms with van der Waals surface area (Å²) in [5.41, 5.74) is 7.99. The second-order valence-corrected chi connectivity index (χ2v) is 3.61. The fourth-order valence-corrected chi connectivity index (χ4v) is 1.79. The molecule has 2 rings (SSSR count). The molecule has 15 heavy (non-hydrogen) atoms. The zero-order valence-electron chi connectivity index (χ0n) is 8.74. The van der Waals surface area contributed by atoms with Crippen LogP contribution in [0.2, 0.25) is 0 Å². The molecule has 0 fully saturated rings. The molecule has 0 aliphatic carbocycles. The Labute approximate surface area is 89.8 Å². The highest BCUT2D eigenvalue weighted by Crippen LogP contribution is 2.18. The Balaban J connectivity index is 2.11. The minimum absolute atomic E-state index is 0.633. The van der Waals surface area contributed by atoms with Gasteiger partial charge in [-0.25, -0.2) is 0 Å². The topological polar surface area (TPSA) is 41.8 Å². The van der Waals surface area contributed by atoms with Gasteiger partial charge in [-0.15, -0.1) is 0 Å². The number of aromatic amines is 1. The molecule has 1 aromatic heterocycles. The van der Waals surface area contributed by atoms with Crippen LogP contribution in [-0.2, 0) is 6.42 Å². The molecular weight excluding hydrogens is 184 g/mol. The van der Waals surface area contributed by atoms with E-state index < -0.39 is 0 Å². The van der Waals surface area contributed by atoms with Crippen molar-refractivity contribution in [3.63, 3.8) is 0 Å². The molecule has 2 aromatic rings. The molecule has 0 aliphatic rings. The van der Waals surface area contributed by atoms with Crippen LogP contribution >= 0.6 is 0 Å². The Morgan fingerprint density at radius 2 is 2.07 bits per heavy atom. The summed E-state index contributed by atoms with van der Waals surface area (Å²) >= 11 is 0. The Bertz CT molecular complexity index is 454. The highest BCUT2D eigenvalue weighted by molar-refractivity contribution is 5.82. The van der Waals surface area contributed by atoms with Gasteiger partial charge in [0.25, 0.3) is 0 Å².